The van der Waals surface area contributed by atoms with E-state index in [2.05, 4.69) is 35.9 Å². The Bertz CT molecular complexity index is 3360. The zero-order valence-corrected chi connectivity index (χ0v) is 41.7. The Hall–Kier alpha value is -9.69. The Labute approximate surface area is 430 Å². The van der Waals surface area contributed by atoms with E-state index in [9.17, 15) is 48.3 Å². The van der Waals surface area contributed by atoms with E-state index in [1.807, 2.05) is 6.92 Å². The Morgan fingerprint density at radius 1 is 0.737 bits per heavy atom. The number of rotatable bonds is 25. The van der Waals surface area contributed by atoms with E-state index < -0.39 is 72.3 Å². The van der Waals surface area contributed by atoms with Crippen LogP contribution in [0, 0.1) is 13.8 Å². The lowest BCUT2D eigenvalue weighted by atomic mass is 10.1. The number of aliphatic carboxylic acids is 1. The molecule has 0 saturated carbocycles. The van der Waals surface area contributed by atoms with Gasteiger partial charge in [-0.05, 0) is 43.5 Å². The van der Waals surface area contributed by atoms with Gasteiger partial charge in [-0.3, -0.25) is 53.9 Å². The van der Waals surface area contributed by atoms with Gasteiger partial charge < -0.3 is 54.1 Å². The number of anilines is 2. The Balaban J connectivity index is 1.17. The lowest BCUT2D eigenvalue weighted by molar-refractivity contribution is -0.149. The number of ether oxygens (including phenoxy) is 3. The number of nitrogens with one attached hydrogen (secondary N) is 3. The number of carboxylic acids is 1. The first-order chi connectivity index (χ1) is 36.3. The van der Waals surface area contributed by atoms with Crippen LogP contribution in [0.25, 0.3) is 22.1 Å². The molecule has 5 heterocycles. The molecule has 0 fully saturated rings. The van der Waals surface area contributed by atoms with Gasteiger partial charge in [0.25, 0.3) is 23.6 Å². The Morgan fingerprint density at radius 2 is 1.24 bits per heavy atom. The second-order valence-electron chi connectivity index (χ2n) is 16.8. The van der Waals surface area contributed by atoms with Crippen LogP contribution in [0.15, 0.2) is 57.4 Å². The summed E-state index contributed by atoms with van der Waals surface area (Å²) < 4.78 is 31.7. The summed E-state index contributed by atoms with van der Waals surface area (Å²) in [7, 11) is 1.39. The van der Waals surface area contributed by atoms with Crippen molar-refractivity contribution in [2.45, 2.75) is 78.9 Å². The van der Waals surface area contributed by atoms with Crippen molar-refractivity contribution in [2.24, 2.45) is 11.5 Å². The molecule has 0 spiro atoms. The number of imide groups is 1. The largest absolute Gasteiger partial charge is 0.494 e. The normalized spacial score (nSPS) is 12.7. The van der Waals surface area contributed by atoms with Gasteiger partial charge in [0.1, 0.15) is 35.1 Å². The SMILES string of the molecule is CCc1nc(C)oc1C(=O)Nc1nc2cc(C(N)=O)cc(OC)c2n1C/C=C/Cn1c(NC(=O)c2oc(C)nc2CC)nc2cc(C(N)=O)cc(OCCCOC(=O)[C@@H](CCC(=O)O)NC(=O)CN3C(=O)C=CC3=O)c21. The van der Waals surface area contributed by atoms with Crippen molar-refractivity contribution in [3.05, 3.63) is 94.4 Å². The van der Waals surface area contributed by atoms with Gasteiger partial charge in [0.2, 0.25) is 41.1 Å². The maximum absolute atomic E-state index is 13.8. The van der Waals surface area contributed by atoms with E-state index >= 15 is 0 Å². The molecule has 27 nitrogen and oxygen atoms in total. The highest BCUT2D eigenvalue weighted by Gasteiger charge is 2.30. The fraction of sp³-hybridized carbons (Fsp3) is 0.327. The number of methoxy groups -OCH3 is 1. The average molecular weight is 1050 g/mol. The van der Waals surface area contributed by atoms with Crippen LogP contribution in [0.4, 0.5) is 11.9 Å². The lowest BCUT2D eigenvalue weighted by Gasteiger charge is -2.19. The Morgan fingerprint density at radius 3 is 1.71 bits per heavy atom. The highest BCUT2D eigenvalue weighted by atomic mass is 16.5. The number of nitrogens with two attached hydrogens (primary N) is 2. The zero-order chi connectivity index (χ0) is 55.0. The summed E-state index contributed by atoms with van der Waals surface area (Å²) in [6.45, 7) is 5.61. The van der Waals surface area contributed by atoms with E-state index in [0.29, 0.717) is 34.6 Å². The smallest absolute Gasteiger partial charge is 0.328 e. The minimum atomic E-state index is -1.45. The molecule has 4 aromatic heterocycles. The number of imidazole rings is 2. The van der Waals surface area contributed by atoms with Crippen molar-refractivity contribution in [2.75, 3.05) is 37.5 Å². The van der Waals surface area contributed by atoms with Crippen LogP contribution in [0.2, 0.25) is 0 Å². The molecule has 6 aromatic rings. The summed E-state index contributed by atoms with van der Waals surface area (Å²) >= 11 is 0. The molecule has 398 valence electrons. The first kappa shape index (κ1) is 54.1. The molecule has 8 N–H and O–H groups in total. The molecule has 0 unspecified atom stereocenters. The van der Waals surface area contributed by atoms with E-state index in [0.717, 1.165) is 12.2 Å². The van der Waals surface area contributed by atoms with E-state index in [4.69, 9.17) is 34.5 Å². The predicted octanol–water partition coefficient (Wildman–Crippen LogP) is 2.66. The topological polar surface area (TPSA) is 381 Å². The predicted molar refractivity (Wildman–Crippen MR) is 265 cm³/mol. The number of amides is 7. The standard InChI is InChI=1S/C49H52N12O15/c1-6-28-41(75-24(3)52-28)45(69)57-48-55-31-19-26(43(50)67)21-33(72-5)39(31)59(48)15-8-9-16-60-40-32(56-49(60)58-46(70)42-29(7-2)53-25(4)76-42)20-27(44(51)68)22-34(40)73-17-10-18-74-47(71)30(11-14-38(65)66)54-35(62)23-61-36(63)12-13-37(61)64/h8-9,12-13,19-22,30H,6-7,10-11,14-18,23H2,1-5H3,(H2,50,67)(H2,51,68)(H,54,62)(H,65,66)(H,55,57,69)(H,56,58,70)/b9-8+/t30-/m1/s1. The van der Waals surface area contributed by atoms with Crippen molar-refractivity contribution < 1.29 is 71.3 Å². The van der Waals surface area contributed by atoms with Crippen molar-refractivity contribution in [1.82, 2.24) is 39.3 Å². The van der Waals surface area contributed by atoms with Crippen LogP contribution in [0.1, 0.15) is 98.1 Å². The highest BCUT2D eigenvalue weighted by Crippen LogP contribution is 2.33. The maximum atomic E-state index is 13.8. The Kier molecular flexibility index (Phi) is 16.7. The van der Waals surface area contributed by atoms with Crippen molar-refractivity contribution >= 4 is 87.3 Å². The number of fused-ring (bicyclic) bond motifs is 2. The number of allylic oxidation sites excluding steroid dienone is 2. The van der Waals surface area contributed by atoms with Crippen LogP contribution in [-0.4, -0.2) is 125 Å². The fourth-order valence-electron chi connectivity index (χ4n) is 8.01. The summed E-state index contributed by atoms with van der Waals surface area (Å²) in [4.78, 5) is 132. The van der Waals surface area contributed by atoms with Crippen molar-refractivity contribution in [3.63, 3.8) is 0 Å². The molecule has 76 heavy (non-hydrogen) atoms. The van der Waals surface area contributed by atoms with Crippen LogP contribution in [-0.2, 0) is 54.6 Å². The molecule has 0 radical (unpaired) electrons. The van der Waals surface area contributed by atoms with Crippen LogP contribution >= 0.6 is 0 Å². The number of hydrogen-bond donors (Lipinski definition) is 6. The fourth-order valence-corrected chi connectivity index (χ4v) is 8.01. The number of benzene rings is 2. The van der Waals surface area contributed by atoms with Gasteiger partial charge in [-0.15, -0.1) is 0 Å². The van der Waals surface area contributed by atoms with Gasteiger partial charge >= 0.3 is 11.9 Å². The van der Waals surface area contributed by atoms with Gasteiger partial charge in [-0.25, -0.2) is 24.7 Å². The number of hydrogen-bond acceptors (Lipinski definition) is 18. The number of aryl methyl sites for hydroxylation is 4. The number of aromatic nitrogens is 6. The number of nitrogens with zero attached hydrogens (tertiary/aromatic N) is 7. The van der Waals surface area contributed by atoms with Gasteiger partial charge in [0.05, 0.1) is 42.7 Å². The summed E-state index contributed by atoms with van der Waals surface area (Å²) in [5, 5.41) is 17.2. The number of carboxylic acid groups (broad SMARTS) is 1. The van der Waals surface area contributed by atoms with Crippen molar-refractivity contribution in [3.8, 4) is 11.5 Å². The summed E-state index contributed by atoms with van der Waals surface area (Å²) in [6.07, 6.45) is 5.25. The minimum absolute atomic E-state index is 0.0102. The van der Waals surface area contributed by atoms with E-state index in [1.165, 1.54) is 31.4 Å². The van der Waals surface area contributed by atoms with Crippen LogP contribution in [0.3, 0.4) is 0 Å². The van der Waals surface area contributed by atoms with Crippen LogP contribution < -0.4 is 36.9 Å². The third-order valence-corrected chi connectivity index (χ3v) is 11.5. The molecule has 1 aliphatic rings. The number of carbonyl (C=O) groups excluding carboxylic acids is 8. The number of esters is 1. The number of primary amides is 2. The minimum Gasteiger partial charge on any atom is -0.494 e. The molecule has 0 saturated heterocycles. The van der Waals surface area contributed by atoms with Gasteiger partial charge in [-0.1, -0.05) is 26.0 Å². The van der Waals surface area contributed by atoms with Gasteiger partial charge in [-0.2, -0.15) is 0 Å². The lowest BCUT2D eigenvalue weighted by Crippen LogP contribution is -2.47. The second kappa shape index (κ2) is 23.5. The molecule has 1 atom stereocenters. The average Bonchev–Trinajstić information content (AvgIpc) is 4.20. The zero-order valence-electron chi connectivity index (χ0n) is 41.7. The van der Waals surface area contributed by atoms with Gasteiger partial charge in [0.15, 0.2) is 11.8 Å². The summed E-state index contributed by atoms with van der Waals surface area (Å²) in [6, 6.07) is 4.20. The number of carbonyl (C=O) groups is 9. The highest BCUT2D eigenvalue weighted by molar-refractivity contribution is 6.14. The first-order valence-corrected chi connectivity index (χ1v) is 23.6. The summed E-state index contributed by atoms with van der Waals surface area (Å²) in [5.74, 6) is -6.77. The molecule has 0 bridgehead atoms. The van der Waals surface area contributed by atoms with E-state index in [1.54, 1.807) is 42.1 Å². The third kappa shape index (κ3) is 12.2. The molecular formula is C49H52N12O15. The van der Waals surface area contributed by atoms with Crippen LogP contribution in [0.5, 0.6) is 11.5 Å². The quantitative estimate of drug-likeness (QED) is 0.0208. The maximum Gasteiger partial charge on any atom is 0.328 e. The molecule has 2 aromatic carbocycles. The molecular weight excluding hydrogens is 997 g/mol. The van der Waals surface area contributed by atoms with Gasteiger partial charge in [0, 0.05) is 63.1 Å². The van der Waals surface area contributed by atoms with Crippen molar-refractivity contribution in [1.29, 1.82) is 0 Å². The number of oxazole rings is 2. The monoisotopic (exact) mass is 1050 g/mol. The first-order valence-electron chi connectivity index (χ1n) is 23.6. The van der Waals surface area contributed by atoms with E-state index in [-0.39, 0.29) is 114 Å². The molecule has 1 aliphatic heterocycles. The molecule has 27 heteroatoms. The molecule has 7 rings (SSSR count). The molecule has 7 amide bonds. The second-order valence-corrected chi connectivity index (χ2v) is 16.8. The third-order valence-electron chi connectivity index (χ3n) is 11.5. The summed E-state index contributed by atoms with van der Waals surface area (Å²) in [5.41, 5.74) is 13.3. The molecule has 0 aliphatic carbocycles.